The summed E-state index contributed by atoms with van der Waals surface area (Å²) in [5, 5.41) is 0. The highest BCUT2D eigenvalue weighted by atomic mass is 32.1. The fraction of sp³-hybridized carbons (Fsp3) is 0.684. The second-order valence-electron chi connectivity index (χ2n) is 7.98. The van der Waals surface area contributed by atoms with Gasteiger partial charge in [-0.2, -0.15) is 12.6 Å². The lowest BCUT2D eigenvalue weighted by Crippen LogP contribution is -2.19. The van der Waals surface area contributed by atoms with Crippen molar-refractivity contribution in [2.45, 2.75) is 65.7 Å². The van der Waals surface area contributed by atoms with E-state index in [0.29, 0.717) is 5.92 Å². The zero-order valence-electron chi connectivity index (χ0n) is 14.8. The summed E-state index contributed by atoms with van der Waals surface area (Å²) in [6.45, 7) is 16.4. The van der Waals surface area contributed by atoms with Gasteiger partial charge in [0.1, 0.15) is 5.75 Å². The minimum Gasteiger partial charge on any atom is -0.493 e. The molecule has 1 rings (SSSR count). The Hall–Kier alpha value is -0.630. The first kappa shape index (κ1) is 18.4. The van der Waals surface area contributed by atoms with Gasteiger partial charge < -0.3 is 4.74 Å². The smallest absolute Gasteiger partial charge is 0.123 e. The third-order valence-corrected chi connectivity index (χ3v) is 4.48. The van der Waals surface area contributed by atoms with Gasteiger partial charge >= 0.3 is 0 Å². The molecule has 0 saturated carbocycles. The Balaban J connectivity index is 3.09. The maximum Gasteiger partial charge on any atom is 0.123 e. The average molecular weight is 309 g/mol. The molecular weight excluding hydrogens is 276 g/mol. The van der Waals surface area contributed by atoms with E-state index in [1.54, 1.807) is 0 Å². The molecule has 0 heterocycles. The van der Waals surface area contributed by atoms with Crippen molar-refractivity contribution in [3.8, 4) is 5.75 Å². The lowest BCUT2D eigenvalue weighted by Gasteiger charge is -2.27. The first-order valence-corrected chi connectivity index (χ1v) is 8.61. The Morgan fingerprint density at radius 2 is 1.67 bits per heavy atom. The summed E-state index contributed by atoms with van der Waals surface area (Å²) >= 11 is 4.40. The fourth-order valence-electron chi connectivity index (χ4n) is 2.22. The van der Waals surface area contributed by atoms with Gasteiger partial charge in [0.05, 0.1) is 6.61 Å². The van der Waals surface area contributed by atoms with E-state index in [9.17, 15) is 0 Å². The number of benzene rings is 1. The third-order valence-electron chi connectivity index (χ3n) is 3.96. The molecule has 2 heteroatoms. The van der Waals surface area contributed by atoms with Gasteiger partial charge in [-0.3, -0.25) is 0 Å². The maximum absolute atomic E-state index is 6.13. The van der Waals surface area contributed by atoms with Crippen LogP contribution in [0.1, 0.15) is 66.0 Å². The van der Waals surface area contributed by atoms with Crippen molar-refractivity contribution in [3.63, 3.8) is 0 Å². The van der Waals surface area contributed by atoms with E-state index in [-0.39, 0.29) is 10.8 Å². The van der Waals surface area contributed by atoms with Crippen LogP contribution >= 0.6 is 12.6 Å². The molecular formula is C19H32OS. The predicted molar refractivity (Wildman–Crippen MR) is 97.0 cm³/mol. The second-order valence-corrected chi connectivity index (χ2v) is 8.34. The molecule has 1 unspecified atom stereocenters. The molecule has 0 spiro atoms. The highest BCUT2D eigenvalue weighted by molar-refractivity contribution is 7.80. The van der Waals surface area contributed by atoms with E-state index in [4.69, 9.17) is 4.74 Å². The highest BCUT2D eigenvalue weighted by Gasteiger charge is 2.23. The second kappa shape index (κ2) is 7.09. The van der Waals surface area contributed by atoms with Crippen molar-refractivity contribution in [3.05, 3.63) is 29.3 Å². The zero-order chi connectivity index (χ0) is 16.3. The van der Waals surface area contributed by atoms with Gasteiger partial charge in [0.25, 0.3) is 0 Å². The molecule has 1 aromatic carbocycles. The molecule has 120 valence electrons. The Bertz CT molecular complexity index is 448. The van der Waals surface area contributed by atoms with Crippen molar-refractivity contribution in [2.75, 3.05) is 12.4 Å². The first-order valence-electron chi connectivity index (χ1n) is 7.98. The Labute approximate surface area is 136 Å². The summed E-state index contributed by atoms with van der Waals surface area (Å²) in [6.07, 6.45) is 1.11. The van der Waals surface area contributed by atoms with Crippen LogP contribution in [-0.2, 0) is 10.8 Å². The minimum atomic E-state index is 0.0826. The Kier molecular flexibility index (Phi) is 6.22. The summed E-state index contributed by atoms with van der Waals surface area (Å²) in [4.78, 5) is 0. The number of ether oxygens (including phenoxy) is 1. The van der Waals surface area contributed by atoms with Gasteiger partial charge in [0, 0.05) is 5.92 Å². The van der Waals surface area contributed by atoms with E-state index in [2.05, 4.69) is 79.3 Å². The molecule has 0 aliphatic carbocycles. The van der Waals surface area contributed by atoms with Gasteiger partial charge in [-0.15, -0.1) is 0 Å². The van der Waals surface area contributed by atoms with E-state index in [1.165, 1.54) is 11.1 Å². The first-order chi connectivity index (χ1) is 9.59. The summed E-state index contributed by atoms with van der Waals surface area (Å²) in [5.41, 5.74) is 2.90. The van der Waals surface area contributed by atoms with Crippen LogP contribution in [0.3, 0.4) is 0 Å². The van der Waals surface area contributed by atoms with Crippen LogP contribution in [0.25, 0.3) is 0 Å². The molecule has 0 saturated heterocycles. The zero-order valence-corrected chi connectivity index (χ0v) is 15.7. The summed E-state index contributed by atoms with van der Waals surface area (Å²) in [5.74, 6) is 2.42. The largest absolute Gasteiger partial charge is 0.493 e. The lowest BCUT2D eigenvalue weighted by atomic mass is 9.80. The molecule has 1 atom stereocenters. The van der Waals surface area contributed by atoms with Crippen molar-refractivity contribution in [2.24, 2.45) is 5.92 Å². The SMILES string of the molecule is CCC(CS)COc1ccc(C(C)(C)C)cc1C(C)(C)C. The van der Waals surface area contributed by atoms with E-state index in [0.717, 1.165) is 24.5 Å². The topological polar surface area (TPSA) is 9.23 Å². The molecule has 21 heavy (non-hydrogen) atoms. The van der Waals surface area contributed by atoms with Gasteiger partial charge in [-0.25, -0.2) is 0 Å². The van der Waals surface area contributed by atoms with Crippen LogP contribution in [0, 0.1) is 5.92 Å². The molecule has 0 aliphatic heterocycles. The molecule has 0 amide bonds. The molecule has 0 N–H and O–H groups in total. The van der Waals surface area contributed by atoms with Crippen LogP contribution in [0.5, 0.6) is 5.75 Å². The molecule has 0 aromatic heterocycles. The van der Waals surface area contributed by atoms with Crippen LogP contribution in [0.2, 0.25) is 0 Å². The molecule has 1 aromatic rings. The summed E-state index contributed by atoms with van der Waals surface area (Å²) in [6, 6.07) is 6.66. The summed E-state index contributed by atoms with van der Waals surface area (Å²) in [7, 11) is 0. The van der Waals surface area contributed by atoms with Crippen LogP contribution < -0.4 is 4.74 Å². The van der Waals surface area contributed by atoms with Gasteiger partial charge in [0.2, 0.25) is 0 Å². The number of rotatable bonds is 5. The quantitative estimate of drug-likeness (QED) is 0.695. The third kappa shape index (κ3) is 5.25. The number of hydrogen-bond donors (Lipinski definition) is 1. The molecule has 0 bridgehead atoms. The van der Waals surface area contributed by atoms with E-state index >= 15 is 0 Å². The molecule has 0 radical (unpaired) electrons. The minimum absolute atomic E-state index is 0.0826. The normalized spacial score (nSPS) is 14.1. The molecule has 0 fully saturated rings. The van der Waals surface area contributed by atoms with E-state index < -0.39 is 0 Å². The van der Waals surface area contributed by atoms with Crippen LogP contribution in [0.4, 0.5) is 0 Å². The standard InChI is InChI=1S/C19H32OS/c1-8-14(13-21)12-20-17-10-9-15(18(2,3)4)11-16(17)19(5,6)7/h9-11,14,21H,8,12-13H2,1-7H3. The van der Waals surface area contributed by atoms with Gasteiger partial charge in [0.15, 0.2) is 0 Å². The average Bonchev–Trinajstić information content (AvgIpc) is 2.37. The van der Waals surface area contributed by atoms with Crippen molar-refractivity contribution >= 4 is 12.6 Å². The maximum atomic E-state index is 6.13. The molecule has 1 nitrogen and oxygen atoms in total. The Morgan fingerprint density at radius 1 is 1.05 bits per heavy atom. The van der Waals surface area contributed by atoms with Crippen molar-refractivity contribution in [1.29, 1.82) is 0 Å². The highest BCUT2D eigenvalue weighted by Crippen LogP contribution is 2.35. The van der Waals surface area contributed by atoms with E-state index in [1.807, 2.05) is 0 Å². The van der Waals surface area contributed by atoms with Crippen LogP contribution in [0.15, 0.2) is 18.2 Å². The fourth-order valence-corrected chi connectivity index (χ4v) is 2.58. The van der Waals surface area contributed by atoms with Gasteiger partial charge in [-0.05, 0) is 40.2 Å². The number of hydrogen-bond acceptors (Lipinski definition) is 2. The van der Waals surface area contributed by atoms with Crippen LogP contribution in [-0.4, -0.2) is 12.4 Å². The summed E-state index contributed by atoms with van der Waals surface area (Å²) < 4.78 is 6.13. The Morgan fingerprint density at radius 3 is 2.10 bits per heavy atom. The van der Waals surface area contributed by atoms with Gasteiger partial charge in [-0.1, -0.05) is 60.6 Å². The monoisotopic (exact) mass is 308 g/mol. The van der Waals surface area contributed by atoms with Crippen molar-refractivity contribution < 1.29 is 4.74 Å². The van der Waals surface area contributed by atoms with Crippen molar-refractivity contribution in [1.82, 2.24) is 0 Å². The predicted octanol–water partition coefficient (Wildman–Crippen LogP) is 5.62. The molecule has 0 aliphatic rings. The lowest BCUT2D eigenvalue weighted by molar-refractivity contribution is 0.254. The number of thiol groups is 1.